The third-order valence-electron chi connectivity index (χ3n) is 3.37. The van der Waals surface area contributed by atoms with Crippen LogP contribution in [0.4, 0.5) is 27.5 Å². The molecule has 1 aliphatic heterocycles. The van der Waals surface area contributed by atoms with Crippen LogP contribution in [0, 0.1) is 17.0 Å². The van der Waals surface area contributed by atoms with Gasteiger partial charge in [-0.2, -0.15) is 0 Å². The van der Waals surface area contributed by atoms with Gasteiger partial charge in [-0.1, -0.05) is 6.07 Å². The van der Waals surface area contributed by atoms with Gasteiger partial charge >= 0.3 is 6.03 Å². The van der Waals surface area contributed by atoms with Gasteiger partial charge in [0.05, 0.1) is 4.92 Å². The molecule has 0 aliphatic carbocycles. The Hall–Kier alpha value is -3.42. The molecule has 8 nitrogen and oxygen atoms in total. The van der Waals surface area contributed by atoms with Crippen molar-refractivity contribution in [3.63, 3.8) is 0 Å². The first kappa shape index (κ1) is 14.5. The van der Waals surface area contributed by atoms with Gasteiger partial charge in [0.25, 0.3) is 11.6 Å². The lowest BCUT2D eigenvalue weighted by Crippen LogP contribution is -2.19. The molecule has 2 aromatic rings. The number of hydrogen-bond acceptors (Lipinski definition) is 4. The molecule has 0 aromatic heterocycles. The molecule has 0 unspecified atom stereocenters. The van der Waals surface area contributed by atoms with E-state index in [-0.39, 0.29) is 11.6 Å². The molecule has 3 rings (SSSR count). The van der Waals surface area contributed by atoms with Crippen molar-refractivity contribution in [2.45, 2.75) is 6.92 Å². The number of amides is 3. The molecule has 1 aliphatic rings. The van der Waals surface area contributed by atoms with Crippen LogP contribution in [0.1, 0.15) is 15.9 Å². The smallest absolute Gasteiger partial charge is 0.322 e. The highest BCUT2D eigenvalue weighted by atomic mass is 16.6. The highest BCUT2D eigenvalue weighted by molar-refractivity contribution is 6.11. The first-order valence-corrected chi connectivity index (χ1v) is 6.72. The van der Waals surface area contributed by atoms with Gasteiger partial charge in [-0.05, 0) is 31.2 Å². The van der Waals surface area contributed by atoms with E-state index in [2.05, 4.69) is 16.0 Å². The molecule has 8 heteroatoms. The van der Waals surface area contributed by atoms with Gasteiger partial charge in [-0.3, -0.25) is 14.9 Å². The number of urea groups is 1. The normalized spacial score (nSPS) is 11.8. The molecule has 0 spiro atoms. The van der Waals surface area contributed by atoms with Crippen LogP contribution in [0.25, 0.3) is 0 Å². The molecule has 1 heterocycles. The standard InChI is InChI=1S/C15H12N4O4/c1-8-2-3-10(7-13(8)19(22)23)17-15(21)18-12-5-9-4-11(6-12)16-14(9)20/h2-7H,1H3,(H,16,20)(H2,17,18,21). The molecule has 0 saturated carbocycles. The number of nitrogens with one attached hydrogen (secondary N) is 3. The maximum absolute atomic E-state index is 12.0. The number of hydrogen-bond donors (Lipinski definition) is 3. The van der Waals surface area contributed by atoms with Crippen molar-refractivity contribution in [3.8, 4) is 0 Å². The molecule has 2 bridgehead atoms. The Balaban J connectivity index is 1.73. The molecule has 23 heavy (non-hydrogen) atoms. The molecule has 0 radical (unpaired) electrons. The molecule has 2 aromatic carbocycles. The Labute approximate surface area is 130 Å². The lowest BCUT2D eigenvalue weighted by molar-refractivity contribution is -0.385. The summed E-state index contributed by atoms with van der Waals surface area (Å²) in [6.45, 7) is 1.62. The Kier molecular flexibility index (Phi) is 3.41. The summed E-state index contributed by atoms with van der Waals surface area (Å²) in [6.07, 6.45) is 0. The van der Waals surface area contributed by atoms with E-state index in [9.17, 15) is 19.7 Å². The van der Waals surface area contributed by atoms with Crippen LogP contribution < -0.4 is 16.0 Å². The zero-order valence-electron chi connectivity index (χ0n) is 12.0. The summed E-state index contributed by atoms with van der Waals surface area (Å²) in [4.78, 5) is 33.8. The molecular formula is C15H12N4O4. The molecule has 0 saturated heterocycles. The monoisotopic (exact) mass is 312 g/mol. The van der Waals surface area contributed by atoms with Crippen molar-refractivity contribution in [3.05, 3.63) is 57.6 Å². The van der Waals surface area contributed by atoms with Crippen LogP contribution in [0.3, 0.4) is 0 Å². The van der Waals surface area contributed by atoms with E-state index in [0.29, 0.717) is 28.2 Å². The summed E-state index contributed by atoms with van der Waals surface area (Å²) >= 11 is 0. The summed E-state index contributed by atoms with van der Waals surface area (Å²) in [6, 6.07) is 8.71. The van der Waals surface area contributed by atoms with Gasteiger partial charge in [0.2, 0.25) is 0 Å². The number of nitro benzene ring substituents is 1. The zero-order valence-corrected chi connectivity index (χ0v) is 12.0. The van der Waals surface area contributed by atoms with Crippen LogP contribution in [0.2, 0.25) is 0 Å². The Bertz CT molecular complexity index is 847. The largest absolute Gasteiger partial charge is 0.323 e. The number of nitrogens with zero attached hydrogens (tertiary/aromatic N) is 1. The second-order valence-corrected chi connectivity index (χ2v) is 5.09. The van der Waals surface area contributed by atoms with Crippen molar-refractivity contribution >= 4 is 34.7 Å². The van der Waals surface area contributed by atoms with E-state index in [0.717, 1.165) is 0 Å². The van der Waals surface area contributed by atoms with Gasteiger partial charge in [0.1, 0.15) is 0 Å². The number of carbonyl (C=O) groups is 2. The first-order chi connectivity index (χ1) is 10.9. The van der Waals surface area contributed by atoms with Gasteiger partial charge in [-0.15, -0.1) is 0 Å². The van der Waals surface area contributed by atoms with E-state index in [4.69, 9.17) is 0 Å². The topological polar surface area (TPSA) is 113 Å². The van der Waals surface area contributed by atoms with Crippen LogP contribution in [-0.2, 0) is 0 Å². The van der Waals surface area contributed by atoms with Gasteiger partial charge in [-0.25, -0.2) is 4.79 Å². The lowest BCUT2D eigenvalue weighted by atomic mass is 10.2. The fourth-order valence-corrected chi connectivity index (χ4v) is 2.28. The molecule has 3 amide bonds. The summed E-state index contributed by atoms with van der Waals surface area (Å²) in [5, 5.41) is 18.6. The zero-order chi connectivity index (χ0) is 16.6. The minimum absolute atomic E-state index is 0.0696. The predicted octanol–water partition coefficient (Wildman–Crippen LogP) is 3.11. The number of nitro groups is 1. The highest BCUT2D eigenvalue weighted by Gasteiger charge is 2.17. The van der Waals surface area contributed by atoms with Crippen molar-refractivity contribution in [1.29, 1.82) is 0 Å². The molecule has 0 atom stereocenters. The third kappa shape index (κ3) is 2.95. The predicted molar refractivity (Wildman–Crippen MR) is 84.9 cm³/mol. The summed E-state index contributed by atoms with van der Waals surface area (Å²) in [5.41, 5.74) is 2.27. The van der Waals surface area contributed by atoms with E-state index in [1.54, 1.807) is 37.3 Å². The van der Waals surface area contributed by atoms with Crippen LogP contribution in [0.15, 0.2) is 36.4 Å². The van der Waals surface area contributed by atoms with Crippen molar-refractivity contribution in [2.24, 2.45) is 0 Å². The maximum atomic E-state index is 12.0. The minimum atomic E-state index is -0.555. The van der Waals surface area contributed by atoms with E-state index < -0.39 is 11.0 Å². The fourth-order valence-electron chi connectivity index (χ4n) is 2.28. The molecule has 3 N–H and O–H groups in total. The average molecular weight is 312 g/mol. The van der Waals surface area contributed by atoms with Crippen molar-refractivity contribution in [2.75, 3.05) is 16.0 Å². The Morgan fingerprint density at radius 3 is 2.57 bits per heavy atom. The number of fused-ring (bicyclic) bond motifs is 2. The summed E-state index contributed by atoms with van der Waals surface area (Å²) < 4.78 is 0. The van der Waals surface area contributed by atoms with E-state index in [1.807, 2.05) is 0 Å². The SMILES string of the molecule is Cc1ccc(NC(=O)Nc2cc3cc(c2)C(=O)N3)cc1[N+](=O)[O-]. The Morgan fingerprint density at radius 1 is 1.13 bits per heavy atom. The number of carbonyl (C=O) groups excluding carboxylic acids is 2. The maximum Gasteiger partial charge on any atom is 0.323 e. The lowest BCUT2D eigenvalue weighted by Gasteiger charge is -2.08. The number of anilines is 3. The quantitative estimate of drug-likeness (QED) is 0.596. The summed E-state index contributed by atoms with van der Waals surface area (Å²) in [7, 11) is 0. The molecular weight excluding hydrogens is 300 g/mol. The Morgan fingerprint density at radius 2 is 1.87 bits per heavy atom. The average Bonchev–Trinajstić information content (AvgIpc) is 2.73. The van der Waals surface area contributed by atoms with Crippen molar-refractivity contribution in [1.82, 2.24) is 0 Å². The molecule has 116 valence electrons. The van der Waals surface area contributed by atoms with Crippen LogP contribution >= 0.6 is 0 Å². The van der Waals surface area contributed by atoms with Crippen molar-refractivity contribution < 1.29 is 14.5 Å². The minimum Gasteiger partial charge on any atom is -0.322 e. The fraction of sp³-hybridized carbons (Fsp3) is 0.0667. The van der Waals surface area contributed by atoms with Crippen LogP contribution in [0.5, 0.6) is 0 Å². The second-order valence-electron chi connectivity index (χ2n) is 5.09. The number of aryl methyl sites for hydroxylation is 1. The number of benzene rings is 2. The van der Waals surface area contributed by atoms with E-state index in [1.165, 1.54) is 6.07 Å². The van der Waals surface area contributed by atoms with Gasteiger partial charge in [0, 0.05) is 34.3 Å². The van der Waals surface area contributed by atoms with Crippen LogP contribution in [-0.4, -0.2) is 16.9 Å². The number of rotatable bonds is 3. The second kappa shape index (κ2) is 5.41. The van der Waals surface area contributed by atoms with Gasteiger partial charge < -0.3 is 16.0 Å². The first-order valence-electron chi connectivity index (χ1n) is 6.72. The molecule has 0 fully saturated rings. The van der Waals surface area contributed by atoms with Gasteiger partial charge in [0.15, 0.2) is 0 Å². The summed E-state index contributed by atoms with van der Waals surface area (Å²) in [5.74, 6) is -0.220. The third-order valence-corrected chi connectivity index (χ3v) is 3.37. The highest BCUT2D eigenvalue weighted by Crippen LogP contribution is 2.26. The van der Waals surface area contributed by atoms with E-state index >= 15 is 0 Å².